The summed E-state index contributed by atoms with van der Waals surface area (Å²) in [7, 11) is 0. The van der Waals surface area contributed by atoms with Gasteiger partial charge in [-0.2, -0.15) is 0 Å². The third-order valence-electron chi connectivity index (χ3n) is 3.89. The van der Waals surface area contributed by atoms with Gasteiger partial charge in [-0.1, -0.05) is 0 Å². The maximum absolute atomic E-state index is 11.5. The summed E-state index contributed by atoms with van der Waals surface area (Å²) in [6, 6.07) is 4.42. The molecule has 2 heterocycles. The van der Waals surface area contributed by atoms with E-state index in [1.807, 2.05) is 19.1 Å². The number of nitrogens with zero attached hydrogens (tertiary/aromatic N) is 4. The average Bonchev–Trinajstić information content (AvgIpc) is 2.97. The molecule has 132 valence electrons. The van der Waals surface area contributed by atoms with Gasteiger partial charge >= 0.3 is 5.97 Å². The van der Waals surface area contributed by atoms with Crippen LogP contribution >= 0.6 is 0 Å². The number of carbonyl (C=O) groups is 1. The number of hydrogen-bond acceptors (Lipinski definition) is 6. The van der Waals surface area contributed by atoms with E-state index in [0.29, 0.717) is 11.9 Å². The van der Waals surface area contributed by atoms with Gasteiger partial charge in [-0.05, 0) is 52.2 Å². The maximum Gasteiger partial charge on any atom is 0.332 e. The van der Waals surface area contributed by atoms with Crippen molar-refractivity contribution < 1.29 is 9.53 Å². The molecule has 1 N–H and O–H groups in total. The molecule has 25 heavy (non-hydrogen) atoms. The predicted octanol–water partition coefficient (Wildman–Crippen LogP) is 3.04. The van der Waals surface area contributed by atoms with Gasteiger partial charge in [-0.25, -0.2) is 19.4 Å². The SMILES string of the molecule is Cc1cc(-c2ncn(/C=C\C(=O)OC(C)C)n2)cc(NC2CCC2)n1. The van der Waals surface area contributed by atoms with Crippen molar-refractivity contribution >= 4 is 18.0 Å². The summed E-state index contributed by atoms with van der Waals surface area (Å²) in [5.41, 5.74) is 1.80. The number of carbonyl (C=O) groups excluding carboxylic acids is 1. The van der Waals surface area contributed by atoms with Crippen molar-refractivity contribution in [2.45, 2.75) is 52.2 Å². The summed E-state index contributed by atoms with van der Waals surface area (Å²) < 4.78 is 6.54. The zero-order chi connectivity index (χ0) is 17.8. The number of aromatic nitrogens is 4. The summed E-state index contributed by atoms with van der Waals surface area (Å²) in [5.74, 6) is 1.04. The lowest BCUT2D eigenvalue weighted by atomic mass is 9.93. The molecule has 0 radical (unpaired) electrons. The van der Waals surface area contributed by atoms with Crippen molar-refractivity contribution in [3.8, 4) is 11.4 Å². The minimum atomic E-state index is -0.404. The molecule has 7 heteroatoms. The molecule has 0 aliphatic heterocycles. The lowest BCUT2D eigenvalue weighted by Gasteiger charge is -2.27. The molecule has 1 fully saturated rings. The molecular formula is C18H23N5O2. The molecule has 2 aromatic rings. The zero-order valence-corrected chi connectivity index (χ0v) is 14.8. The number of anilines is 1. The van der Waals surface area contributed by atoms with Crippen molar-refractivity contribution in [3.05, 3.63) is 30.2 Å². The van der Waals surface area contributed by atoms with Crippen LogP contribution < -0.4 is 5.32 Å². The van der Waals surface area contributed by atoms with Gasteiger partial charge in [0, 0.05) is 29.6 Å². The standard InChI is InChI=1S/C18H23N5O2/c1-12(2)25-17(24)7-8-23-11-19-18(22-23)14-9-13(3)20-16(10-14)21-15-5-4-6-15/h7-12,15H,4-6H2,1-3H3,(H,20,21)/b8-7-. The number of nitrogens with one attached hydrogen (secondary N) is 1. The van der Waals surface area contributed by atoms with Gasteiger partial charge in [0.05, 0.1) is 6.10 Å². The first-order valence-corrected chi connectivity index (χ1v) is 8.55. The lowest BCUT2D eigenvalue weighted by molar-refractivity contribution is -0.141. The summed E-state index contributed by atoms with van der Waals surface area (Å²) in [6.07, 6.45) is 7.93. The highest BCUT2D eigenvalue weighted by Crippen LogP contribution is 2.25. The van der Waals surface area contributed by atoms with Gasteiger partial charge in [0.25, 0.3) is 0 Å². The van der Waals surface area contributed by atoms with Crippen LogP contribution in [0.1, 0.15) is 38.8 Å². The third-order valence-corrected chi connectivity index (χ3v) is 3.89. The number of ether oxygens (including phenoxy) is 1. The van der Waals surface area contributed by atoms with E-state index in [9.17, 15) is 4.79 Å². The van der Waals surface area contributed by atoms with Crippen molar-refractivity contribution in [2.24, 2.45) is 0 Å². The van der Waals surface area contributed by atoms with E-state index >= 15 is 0 Å². The Labute approximate surface area is 147 Å². The van der Waals surface area contributed by atoms with Crippen LogP contribution in [0.15, 0.2) is 24.5 Å². The highest BCUT2D eigenvalue weighted by Gasteiger charge is 2.18. The Hall–Kier alpha value is -2.70. The molecule has 0 atom stereocenters. The minimum Gasteiger partial charge on any atom is -0.460 e. The van der Waals surface area contributed by atoms with Crippen LogP contribution in [-0.2, 0) is 9.53 Å². The van der Waals surface area contributed by atoms with Crippen molar-refractivity contribution in [2.75, 3.05) is 5.32 Å². The van der Waals surface area contributed by atoms with Crippen LogP contribution in [0.3, 0.4) is 0 Å². The van der Waals surface area contributed by atoms with E-state index in [1.54, 1.807) is 20.2 Å². The first kappa shape index (κ1) is 17.1. The van der Waals surface area contributed by atoms with E-state index < -0.39 is 5.97 Å². The quantitative estimate of drug-likeness (QED) is 0.642. The molecule has 0 saturated heterocycles. The highest BCUT2D eigenvalue weighted by atomic mass is 16.5. The maximum atomic E-state index is 11.5. The topological polar surface area (TPSA) is 81.9 Å². The van der Waals surface area contributed by atoms with Gasteiger partial charge in [-0.3, -0.25) is 0 Å². The lowest BCUT2D eigenvalue weighted by Crippen LogP contribution is -2.27. The number of hydrogen-bond donors (Lipinski definition) is 1. The summed E-state index contributed by atoms with van der Waals surface area (Å²) >= 11 is 0. The molecule has 3 rings (SSSR count). The second kappa shape index (κ2) is 7.46. The molecular weight excluding hydrogens is 318 g/mol. The average molecular weight is 341 g/mol. The van der Waals surface area contributed by atoms with E-state index in [4.69, 9.17) is 4.74 Å². The molecule has 0 aromatic carbocycles. The molecule has 0 spiro atoms. The smallest absolute Gasteiger partial charge is 0.332 e. The fourth-order valence-corrected chi connectivity index (χ4v) is 2.52. The zero-order valence-electron chi connectivity index (χ0n) is 14.8. The van der Waals surface area contributed by atoms with Crippen LogP contribution in [0, 0.1) is 6.92 Å². The van der Waals surface area contributed by atoms with Gasteiger partial charge < -0.3 is 10.1 Å². The Morgan fingerprint density at radius 3 is 2.88 bits per heavy atom. The minimum absolute atomic E-state index is 0.148. The molecule has 0 amide bonds. The molecule has 1 aliphatic carbocycles. The Morgan fingerprint density at radius 1 is 1.40 bits per heavy atom. The van der Waals surface area contributed by atoms with Crippen molar-refractivity contribution in [3.63, 3.8) is 0 Å². The van der Waals surface area contributed by atoms with Gasteiger partial charge in [-0.15, -0.1) is 5.10 Å². The molecule has 1 aliphatic rings. The fourth-order valence-electron chi connectivity index (χ4n) is 2.52. The number of pyridine rings is 1. The van der Waals surface area contributed by atoms with E-state index in [0.717, 1.165) is 17.1 Å². The van der Waals surface area contributed by atoms with Crippen molar-refractivity contribution in [1.29, 1.82) is 0 Å². The first-order valence-electron chi connectivity index (χ1n) is 8.55. The van der Waals surface area contributed by atoms with Gasteiger partial charge in [0.1, 0.15) is 12.1 Å². The molecule has 1 saturated carbocycles. The summed E-state index contributed by atoms with van der Waals surface area (Å²) in [6.45, 7) is 5.56. The van der Waals surface area contributed by atoms with E-state index in [-0.39, 0.29) is 6.10 Å². The number of aryl methyl sites for hydroxylation is 1. The normalized spacial score (nSPS) is 14.7. The molecule has 0 unspecified atom stereocenters. The number of esters is 1. The van der Waals surface area contributed by atoms with Crippen LogP contribution in [-0.4, -0.2) is 37.9 Å². The van der Waals surface area contributed by atoms with Crippen LogP contribution in [0.5, 0.6) is 0 Å². The van der Waals surface area contributed by atoms with Crippen LogP contribution in [0.2, 0.25) is 0 Å². The van der Waals surface area contributed by atoms with Crippen LogP contribution in [0.25, 0.3) is 17.6 Å². The Bertz CT molecular complexity index is 778. The van der Waals surface area contributed by atoms with Gasteiger partial charge in [0.15, 0.2) is 5.82 Å². The Morgan fingerprint density at radius 2 is 2.20 bits per heavy atom. The largest absolute Gasteiger partial charge is 0.460 e. The Balaban J connectivity index is 1.73. The van der Waals surface area contributed by atoms with Crippen LogP contribution in [0.4, 0.5) is 5.82 Å². The second-order valence-corrected chi connectivity index (χ2v) is 6.50. The van der Waals surface area contributed by atoms with Crippen molar-refractivity contribution in [1.82, 2.24) is 19.7 Å². The first-order chi connectivity index (χ1) is 12.0. The summed E-state index contributed by atoms with van der Waals surface area (Å²) in [4.78, 5) is 20.4. The van der Waals surface area contributed by atoms with Gasteiger partial charge in [0.2, 0.25) is 0 Å². The summed E-state index contributed by atoms with van der Waals surface area (Å²) in [5, 5.41) is 7.83. The Kier molecular flexibility index (Phi) is 5.11. The molecule has 0 bridgehead atoms. The van der Waals surface area contributed by atoms with E-state index in [1.165, 1.54) is 36.2 Å². The monoisotopic (exact) mass is 341 g/mol. The second-order valence-electron chi connectivity index (χ2n) is 6.50. The fraction of sp³-hybridized carbons (Fsp3) is 0.444. The number of rotatable bonds is 6. The molecule has 7 nitrogen and oxygen atoms in total. The molecule has 2 aromatic heterocycles. The highest BCUT2D eigenvalue weighted by molar-refractivity contribution is 5.85. The van der Waals surface area contributed by atoms with E-state index in [2.05, 4.69) is 20.4 Å². The third kappa shape index (κ3) is 4.65. The predicted molar refractivity (Wildman–Crippen MR) is 95.8 cm³/mol.